The fraction of sp³-hybridized carbons (Fsp3) is 0.333. The van der Waals surface area contributed by atoms with Gasteiger partial charge in [0.25, 0.3) is 11.8 Å². The average molecular weight is 456 g/mol. The zero-order valence-electron chi connectivity index (χ0n) is 17.5. The highest BCUT2D eigenvalue weighted by molar-refractivity contribution is 8.04. The summed E-state index contributed by atoms with van der Waals surface area (Å²) in [5, 5.41) is 6.50. The molecule has 31 heavy (non-hydrogen) atoms. The van der Waals surface area contributed by atoms with Gasteiger partial charge in [0.2, 0.25) is 0 Å². The Hall–Kier alpha value is -2.28. The molecule has 2 aromatic carbocycles. The molecule has 1 saturated heterocycles. The third-order valence-electron chi connectivity index (χ3n) is 5.75. The smallest absolute Gasteiger partial charge is 0.262 e. The van der Waals surface area contributed by atoms with E-state index in [1.807, 2.05) is 24.3 Å². The minimum Gasteiger partial charge on any atom is -0.351 e. The van der Waals surface area contributed by atoms with E-state index >= 15 is 0 Å². The first-order valence-corrected chi connectivity index (χ1v) is 11.8. The first-order chi connectivity index (χ1) is 15.0. The second-order valence-corrected chi connectivity index (χ2v) is 9.42. The van der Waals surface area contributed by atoms with Gasteiger partial charge in [0.1, 0.15) is 0 Å². The summed E-state index contributed by atoms with van der Waals surface area (Å²) in [6.45, 7) is 4.83. The Kier molecular flexibility index (Phi) is 7.00. The van der Waals surface area contributed by atoms with Crippen molar-refractivity contribution < 1.29 is 9.59 Å². The van der Waals surface area contributed by atoms with E-state index in [9.17, 15) is 9.59 Å². The highest BCUT2D eigenvalue weighted by atomic mass is 35.5. The number of rotatable bonds is 5. The molecule has 0 saturated carbocycles. The predicted molar refractivity (Wildman–Crippen MR) is 128 cm³/mol. The van der Waals surface area contributed by atoms with Gasteiger partial charge in [0.05, 0.1) is 10.6 Å². The Morgan fingerprint density at radius 2 is 2.13 bits per heavy atom. The maximum absolute atomic E-state index is 12.6. The quantitative estimate of drug-likeness (QED) is 0.621. The summed E-state index contributed by atoms with van der Waals surface area (Å²) in [5.74, 6) is -0.321. The van der Waals surface area contributed by atoms with Crippen LogP contribution in [0.2, 0.25) is 5.02 Å². The number of benzene rings is 2. The topological polar surface area (TPSA) is 61.4 Å². The lowest BCUT2D eigenvalue weighted by atomic mass is 10.0. The lowest BCUT2D eigenvalue weighted by molar-refractivity contribution is -0.112. The van der Waals surface area contributed by atoms with E-state index < -0.39 is 0 Å². The zero-order chi connectivity index (χ0) is 21.8. The zero-order valence-corrected chi connectivity index (χ0v) is 19.1. The Morgan fingerprint density at radius 3 is 2.94 bits per heavy atom. The second-order valence-electron chi connectivity index (χ2n) is 7.93. The van der Waals surface area contributed by atoms with Crippen LogP contribution in [0.3, 0.4) is 0 Å². The Bertz CT molecular complexity index is 1020. The molecule has 4 rings (SSSR count). The van der Waals surface area contributed by atoms with E-state index in [4.69, 9.17) is 11.6 Å². The Balaban J connectivity index is 1.40. The normalized spacial score (nSPS) is 20.3. The molecular formula is C24H26ClN3O2S. The van der Waals surface area contributed by atoms with Crippen molar-refractivity contribution >= 4 is 46.9 Å². The maximum Gasteiger partial charge on any atom is 0.262 e. The molecule has 2 aliphatic heterocycles. The summed E-state index contributed by atoms with van der Waals surface area (Å²) in [6.07, 6.45) is 5.53. The molecule has 2 aromatic rings. The van der Waals surface area contributed by atoms with Gasteiger partial charge < -0.3 is 10.6 Å². The lowest BCUT2D eigenvalue weighted by Gasteiger charge is -2.33. The van der Waals surface area contributed by atoms with Crippen LogP contribution < -0.4 is 10.6 Å². The summed E-state index contributed by atoms with van der Waals surface area (Å²) in [4.78, 5) is 29.1. The summed E-state index contributed by atoms with van der Waals surface area (Å²) in [7, 11) is 0. The van der Waals surface area contributed by atoms with Gasteiger partial charge in [-0.05, 0) is 62.2 Å². The highest BCUT2D eigenvalue weighted by Crippen LogP contribution is 2.39. The van der Waals surface area contributed by atoms with Crippen LogP contribution >= 0.6 is 23.4 Å². The first kappa shape index (κ1) is 21.9. The molecule has 2 N–H and O–H groups in total. The Morgan fingerprint density at radius 1 is 1.29 bits per heavy atom. The minimum atomic E-state index is -0.200. The molecule has 2 heterocycles. The van der Waals surface area contributed by atoms with E-state index in [-0.39, 0.29) is 11.8 Å². The molecule has 5 nitrogen and oxygen atoms in total. The number of carbonyl (C=O) groups excluding carboxylic acids is 2. The molecule has 0 spiro atoms. The minimum absolute atomic E-state index is 0.121. The summed E-state index contributed by atoms with van der Waals surface area (Å²) in [5.41, 5.74) is 2.00. The molecule has 2 amide bonds. The van der Waals surface area contributed by atoms with Crippen molar-refractivity contribution in [3.63, 3.8) is 0 Å². The van der Waals surface area contributed by atoms with Crippen molar-refractivity contribution in [3.05, 3.63) is 63.5 Å². The standard InChI is InChI=1S/C24H26ClN3O2S/c1-16-6-4-5-12-28(16)13-11-26-23(29)18-9-10-21-20(14-18)27-24(30)22(31-21)15-17-7-2-3-8-19(17)25/h2-3,7-10,14-16H,4-6,11-13H2,1H3,(H,26,29)(H,27,30)/b22-15+/t16-/m1/s1. The Labute approximate surface area is 192 Å². The van der Waals surface area contributed by atoms with E-state index in [1.54, 1.807) is 24.3 Å². The van der Waals surface area contributed by atoms with Crippen LogP contribution in [0.4, 0.5) is 5.69 Å². The molecule has 0 bridgehead atoms. The van der Waals surface area contributed by atoms with Crippen LogP contribution in [0.1, 0.15) is 42.1 Å². The van der Waals surface area contributed by atoms with Crippen LogP contribution in [0.25, 0.3) is 6.08 Å². The fourth-order valence-electron chi connectivity index (χ4n) is 3.94. The first-order valence-electron chi connectivity index (χ1n) is 10.6. The molecule has 0 aromatic heterocycles. The third kappa shape index (κ3) is 5.32. The van der Waals surface area contributed by atoms with E-state index in [2.05, 4.69) is 22.5 Å². The fourth-order valence-corrected chi connectivity index (χ4v) is 5.05. The van der Waals surface area contributed by atoms with Gasteiger partial charge >= 0.3 is 0 Å². The summed E-state index contributed by atoms with van der Waals surface area (Å²) in [6, 6.07) is 13.4. The number of halogens is 1. The molecule has 2 aliphatic rings. The van der Waals surface area contributed by atoms with Gasteiger partial charge in [0.15, 0.2) is 0 Å². The van der Waals surface area contributed by atoms with Crippen LogP contribution in [-0.4, -0.2) is 42.4 Å². The van der Waals surface area contributed by atoms with Gasteiger partial charge in [-0.3, -0.25) is 14.5 Å². The van der Waals surface area contributed by atoms with Crippen LogP contribution in [0, 0.1) is 0 Å². The van der Waals surface area contributed by atoms with Crippen molar-refractivity contribution in [2.45, 2.75) is 37.1 Å². The number of hydrogen-bond acceptors (Lipinski definition) is 4. The SMILES string of the molecule is C[C@@H]1CCCCN1CCNC(=O)c1ccc2c(c1)NC(=O)/C(=C\c1ccccc1Cl)S2. The van der Waals surface area contributed by atoms with Gasteiger partial charge in [0, 0.05) is 34.6 Å². The van der Waals surface area contributed by atoms with Crippen molar-refractivity contribution in [1.29, 1.82) is 0 Å². The third-order valence-corrected chi connectivity index (χ3v) is 7.19. The van der Waals surface area contributed by atoms with Gasteiger partial charge in [-0.15, -0.1) is 0 Å². The summed E-state index contributed by atoms with van der Waals surface area (Å²) < 4.78 is 0. The molecule has 162 valence electrons. The van der Waals surface area contributed by atoms with Crippen molar-refractivity contribution in [2.24, 2.45) is 0 Å². The van der Waals surface area contributed by atoms with Crippen LogP contribution in [-0.2, 0) is 4.79 Å². The van der Waals surface area contributed by atoms with Gasteiger partial charge in [-0.1, -0.05) is 48.0 Å². The van der Waals surface area contributed by atoms with E-state index in [1.165, 1.54) is 31.0 Å². The number of piperidine rings is 1. The molecule has 0 radical (unpaired) electrons. The van der Waals surface area contributed by atoms with Gasteiger partial charge in [-0.2, -0.15) is 0 Å². The predicted octanol–water partition coefficient (Wildman–Crippen LogP) is 5.03. The largest absolute Gasteiger partial charge is 0.351 e. The number of carbonyl (C=O) groups is 2. The van der Waals surface area contributed by atoms with Crippen molar-refractivity contribution in [3.8, 4) is 0 Å². The number of thioether (sulfide) groups is 1. The average Bonchev–Trinajstić information content (AvgIpc) is 2.76. The molecule has 1 atom stereocenters. The lowest BCUT2D eigenvalue weighted by Crippen LogP contribution is -2.42. The summed E-state index contributed by atoms with van der Waals surface area (Å²) >= 11 is 7.59. The maximum atomic E-state index is 12.6. The van der Waals surface area contributed by atoms with Crippen molar-refractivity contribution in [1.82, 2.24) is 10.2 Å². The molecular weight excluding hydrogens is 430 g/mol. The number of amides is 2. The van der Waals surface area contributed by atoms with E-state index in [0.717, 1.165) is 23.5 Å². The molecule has 0 aliphatic carbocycles. The number of nitrogens with zero attached hydrogens (tertiary/aromatic N) is 1. The monoisotopic (exact) mass is 455 g/mol. The number of anilines is 1. The molecule has 7 heteroatoms. The van der Waals surface area contributed by atoms with Crippen molar-refractivity contribution in [2.75, 3.05) is 25.0 Å². The van der Waals surface area contributed by atoms with Gasteiger partial charge in [-0.25, -0.2) is 0 Å². The highest BCUT2D eigenvalue weighted by Gasteiger charge is 2.23. The number of likely N-dealkylation sites (tertiary alicyclic amines) is 1. The number of nitrogens with one attached hydrogen (secondary N) is 2. The second kappa shape index (κ2) is 9.90. The molecule has 1 fully saturated rings. The number of fused-ring (bicyclic) bond motifs is 1. The molecule has 0 unspecified atom stereocenters. The van der Waals surface area contributed by atoms with Crippen LogP contribution in [0.5, 0.6) is 0 Å². The van der Waals surface area contributed by atoms with E-state index in [0.29, 0.717) is 33.8 Å². The van der Waals surface area contributed by atoms with Crippen LogP contribution in [0.15, 0.2) is 52.3 Å². The number of hydrogen-bond donors (Lipinski definition) is 2.